The van der Waals surface area contributed by atoms with Gasteiger partial charge in [-0.1, -0.05) is 149 Å². The van der Waals surface area contributed by atoms with E-state index in [0.717, 1.165) is 38.9 Å². The van der Waals surface area contributed by atoms with Crippen molar-refractivity contribution in [3.05, 3.63) is 181 Å². The van der Waals surface area contributed by atoms with Crippen LogP contribution < -0.4 is 0 Å². The molecular weight excluding hydrogens is 729 g/mol. The van der Waals surface area contributed by atoms with E-state index in [0.29, 0.717) is 5.95 Å². The molecule has 0 atom stereocenters. The van der Waals surface area contributed by atoms with E-state index in [4.69, 9.17) is 9.97 Å². The van der Waals surface area contributed by atoms with Crippen LogP contribution in [0.25, 0.3) is 99.3 Å². The van der Waals surface area contributed by atoms with Crippen LogP contribution in [0.1, 0.15) is 51.7 Å². The second kappa shape index (κ2) is 12.7. The van der Waals surface area contributed by atoms with Gasteiger partial charge in [0, 0.05) is 38.2 Å². The molecule has 11 aromatic rings. The Balaban J connectivity index is 1.20. The number of hydrogen-bond donors (Lipinski definition) is 0. The molecule has 0 unspecified atom stereocenters. The minimum Gasteiger partial charge on any atom is -0.309 e. The third-order valence-corrected chi connectivity index (χ3v) is 13.6. The van der Waals surface area contributed by atoms with Gasteiger partial charge in [0.15, 0.2) is 0 Å². The van der Waals surface area contributed by atoms with Crippen molar-refractivity contribution in [3.63, 3.8) is 0 Å². The fourth-order valence-electron chi connectivity index (χ4n) is 10.3. The first-order chi connectivity index (χ1) is 29.2. The summed E-state index contributed by atoms with van der Waals surface area (Å²) in [5, 5.41) is 8.44. The predicted octanol–water partition coefficient (Wildman–Crippen LogP) is 14.7. The number of aromatic nitrogens is 4. The van der Waals surface area contributed by atoms with Crippen molar-refractivity contribution in [2.24, 2.45) is 0 Å². The molecule has 3 aromatic heterocycles. The smallest absolute Gasteiger partial charge is 0.235 e. The molecular formula is C56H44N4. The Bertz CT molecular complexity index is 3520. The summed E-state index contributed by atoms with van der Waals surface area (Å²) in [7, 11) is 0. The molecule has 1 aliphatic carbocycles. The number of fused-ring (bicyclic) bond motifs is 10. The average Bonchev–Trinajstić information content (AvgIpc) is 3.78. The van der Waals surface area contributed by atoms with Gasteiger partial charge in [-0.25, -0.2) is 9.97 Å². The van der Waals surface area contributed by atoms with Crippen molar-refractivity contribution in [3.8, 4) is 34.0 Å². The van der Waals surface area contributed by atoms with Gasteiger partial charge in [-0.15, -0.1) is 0 Å². The van der Waals surface area contributed by atoms with Gasteiger partial charge in [-0.3, -0.25) is 4.57 Å². The summed E-state index contributed by atoms with van der Waals surface area (Å²) in [6.07, 6.45) is 2.34. The number of hydrogen-bond acceptors (Lipinski definition) is 2. The molecule has 288 valence electrons. The fraction of sp³-hybridized carbons (Fsp3) is 0.143. The topological polar surface area (TPSA) is 35.6 Å². The Kier molecular flexibility index (Phi) is 7.41. The largest absolute Gasteiger partial charge is 0.309 e. The summed E-state index contributed by atoms with van der Waals surface area (Å²) in [6, 6.07) is 61.9. The summed E-state index contributed by atoms with van der Waals surface area (Å²) in [5.74, 6) is 0.659. The summed E-state index contributed by atoms with van der Waals surface area (Å²) < 4.78 is 4.80. The summed E-state index contributed by atoms with van der Waals surface area (Å²) in [6.45, 7) is 9.70. The molecule has 0 radical (unpaired) electrons. The zero-order valence-corrected chi connectivity index (χ0v) is 34.4. The predicted molar refractivity (Wildman–Crippen MR) is 252 cm³/mol. The first-order valence-electron chi connectivity index (χ1n) is 21.2. The average molecular weight is 773 g/mol. The third-order valence-electron chi connectivity index (χ3n) is 13.6. The highest BCUT2D eigenvalue weighted by Crippen LogP contribution is 2.49. The van der Waals surface area contributed by atoms with Gasteiger partial charge in [0.25, 0.3) is 0 Å². The number of nitrogens with zero attached hydrogens (tertiary/aromatic N) is 4. The Labute approximate surface area is 349 Å². The van der Waals surface area contributed by atoms with Gasteiger partial charge in [-0.05, 0) is 105 Å². The molecule has 60 heavy (non-hydrogen) atoms. The third kappa shape index (κ3) is 5.16. The lowest BCUT2D eigenvalue weighted by Crippen LogP contribution is -2.33. The van der Waals surface area contributed by atoms with E-state index in [1.165, 1.54) is 78.4 Å². The molecule has 4 nitrogen and oxygen atoms in total. The minimum absolute atomic E-state index is 0.0838. The van der Waals surface area contributed by atoms with Gasteiger partial charge >= 0.3 is 0 Å². The summed E-state index contributed by atoms with van der Waals surface area (Å²) >= 11 is 0. The van der Waals surface area contributed by atoms with Crippen LogP contribution in [0.4, 0.5) is 0 Å². The second-order valence-electron chi connectivity index (χ2n) is 18.1. The molecule has 3 heterocycles. The van der Waals surface area contributed by atoms with Crippen LogP contribution in [0.3, 0.4) is 0 Å². The standard InChI is InChI=1S/C56H44N4/c1-55(2)29-30-56(3,4)46-33-49-43(32-45(46)55)42-31-44-51(34-50(42)59(49)39-18-9-6-10-19-39)60(48-28-27-37-17-11-12-20-40(37)52(44)48)54-57-47-22-14-13-21-41(47)53(58-54)38-25-23-36(24-26-38)35-15-7-5-8-16-35/h5-28,31-34H,29-30H2,1-4H3. The SMILES string of the molecule is CC1(C)CCC(C)(C)c2cc3c(cc21)c1cc2c4c5ccccc5ccc4n(-c4nc(-c5ccc(-c6ccccc6)cc5)c5ccccc5n4)c2cc1n3-c1ccccc1. The first-order valence-corrected chi connectivity index (χ1v) is 21.2. The van der Waals surface area contributed by atoms with Gasteiger partial charge in [0.1, 0.15) is 0 Å². The van der Waals surface area contributed by atoms with Crippen molar-refractivity contribution in [2.75, 3.05) is 0 Å². The zero-order chi connectivity index (χ0) is 40.3. The normalized spacial score (nSPS) is 14.8. The molecule has 1 aliphatic rings. The number of para-hydroxylation sites is 2. The highest BCUT2D eigenvalue weighted by Gasteiger charge is 2.38. The van der Waals surface area contributed by atoms with Crippen LogP contribution in [-0.4, -0.2) is 19.1 Å². The molecule has 0 saturated carbocycles. The quantitative estimate of drug-likeness (QED) is 0.179. The Morgan fingerprint density at radius 2 is 1.00 bits per heavy atom. The molecule has 0 spiro atoms. The van der Waals surface area contributed by atoms with E-state index in [1.54, 1.807) is 0 Å². The molecule has 12 rings (SSSR count). The molecule has 0 aliphatic heterocycles. The van der Waals surface area contributed by atoms with E-state index < -0.39 is 0 Å². The Morgan fingerprint density at radius 3 is 1.77 bits per heavy atom. The molecule has 0 fully saturated rings. The van der Waals surface area contributed by atoms with Crippen molar-refractivity contribution in [1.29, 1.82) is 0 Å². The highest BCUT2D eigenvalue weighted by atomic mass is 15.2. The Morgan fingerprint density at radius 1 is 0.417 bits per heavy atom. The summed E-state index contributed by atoms with van der Waals surface area (Å²) in [4.78, 5) is 10.9. The maximum Gasteiger partial charge on any atom is 0.235 e. The van der Waals surface area contributed by atoms with Crippen molar-refractivity contribution >= 4 is 65.3 Å². The molecule has 0 bridgehead atoms. The highest BCUT2D eigenvalue weighted by molar-refractivity contribution is 6.25. The van der Waals surface area contributed by atoms with E-state index in [1.807, 2.05) is 0 Å². The van der Waals surface area contributed by atoms with Crippen LogP contribution >= 0.6 is 0 Å². The van der Waals surface area contributed by atoms with E-state index >= 15 is 0 Å². The molecule has 4 heteroatoms. The van der Waals surface area contributed by atoms with Crippen molar-refractivity contribution in [1.82, 2.24) is 19.1 Å². The van der Waals surface area contributed by atoms with Gasteiger partial charge in [0.05, 0.1) is 33.3 Å². The Hall–Kier alpha value is -7.04. The minimum atomic E-state index is 0.0838. The van der Waals surface area contributed by atoms with E-state index in [-0.39, 0.29) is 10.8 Å². The zero-order valence-electron chi connectivity index (χ0n) is 34.4. The second-order valence-corrected chi connectivity index (χ2v) is 18.1. The lowest BCUT2D eigenvalue weighted by molar-refractivity contribution is 0.332. The van der Waals surface area contributed by atoms with Gasteiger partial charge < -0.3 is 4.57 Å². The maximum absolute atomic E-state index is 5.53. The molecule has 0 saturated heterocycles. The van der Waals surface area contributed by atoms with Gasteiger partial charge in [0.2, 0.25) is 5.95 Å². The maximum atomic E-state index is 5.53. The van der Waals surface area contributed by atoms with Crippen LogP contribution in [0.15, 0.2) is 170 Å². The molecule has 0 N–H and O–H groups in total. The van der Waals surface area contributed by atoms with Gasteiger partial charge in [-0.2, -0.15) is 0 Å². The lowest BCUT2D eigenvalue weighted by atomic mass is 9.63. The monoisotopic (exact) mass is 772 g/mol. The fourth-order valence-corrected chi connectivity index (χ4v) is 10.3. The van der Waals surface area contributed by atoms with E-state index in [9.17, 15) is 0 Å². The van der Waals surface area contributed by atoms with Crippen molar-refractivity contribution in [2.45, 2.75) is 51.4 Å². The first kappa shape index (κ1) is 35.0. The van der Waals surface area contributed by atoms with Crippen molar-refractivity contribution < 1.29 is 0 Å². The van der Waals surface area contributed by atoms with E-state index in [2.05, 4.69) is 207 Å². The van der Waals surface area contributed by atoms with Crippen LogP contribution in [0.2, 0.25) is 0 Å². The molecule has 8 aromatic carbocycles. The van der Waals surface area contributed by atoms with Crippen LogP contribution in [-0.2, 0) is 10.8 Å². The van der Waals surface area contributed by atoms with Crippen LogP contribution in [0, 0.1) is 0 Å². The lowest BCUT2D eigenvalue weighted by Gasteiger charge is -2.42. The molecule has 0 amide bonds. The number of benzene rings is 8. The van der Waals surface area contributed by atoms with Crippen LogP contribution in [0.5, 0.6) is 0 Å². The summed E-state index contributed by atoms with van der Waals surface area (Å²) in [5.41, 5.74) is 14.1. The number of rotatable bonds is 4.